The Kier molecular flexibility index (Phi) is 4.62. The summed E-state index contributed by atoms with van der Waals surface area (Å²) in [5.74, 6) is 0. The summed E-state index contributed by atoms with van der Waals surface area (Å²) in [6.45, 7) is 1.55. The van der Waals surface area contributed by atoms with Crippen LogP contribution in [0.4, 0.5) is 5.69 Å². The van der Waals surface area contributed by atoms with Crippen LogP contribution in [-0.2, 0) is 13.1 Å². The van der Waals surface area contributed by atoms with E-state index in [1.54, 1.807) is 12.1 Å². The minimum atomic E-state index is 0.583. The Bertz CT molecular complexity index is 629. The van der Waals surface area contributed by atoms with Gasteiger partial charge in [0.15, 0.2) is 0 Å². The lowest BCUT2D eigenvalue weighted by molar-refractivity contribution is 0.319. The molecule has 0 fully saturated rings. The lowest BCUT2D eigenvalue weighted by Crippen LogP contribution is -2.17. The van der Waals surface area contributed by atoms with Crippen molar-refractivity contribution in [2.75, 3.05) is 12.8 Å². The van der Waals surface area contributed by atoms with Crippen molar-refractivity contribution in [3.63, 3.8) is 0 Å². The zero-order valence-corrected chi connectivity index (χ0v) is 12.1. The molecule has 0 aromatic heterocycles. The Morgan fingerprint density at radius 2 is 1.85 bits per heavy atom. The van der Waals surface area contributed by atoms with E-state index in [-0.39, 0.29) is 0 Å². The number of rotatable bonds is 4. The second kappa shape index (κ2) is 6.42. The fraction of sp³-hybridized carbons (Fsp3) is 0.188. The summed E-state index contributed by atoms with van der Waals surface area (Å²) in [5.41, 5.74) is 9.24. The lowest BCUT2D eigenvalue weighted by atomic mass is 10.1. The van der Waals surface area contributed by atoms with Crippen molar-refractivity contribution in [3.05, 3.63) is 64.2 Å². The largest absolute Gasteiger partial charge is 0.399 e. The van der Waals surface area contributed by atoms with Crippen molar-refractivity contribution in [2.24, 2.45) is 0 Å². The van der Waals surface area contributed by atoms with Gasteiger partial charge in [-0.2, -0.15) is 5.26 Å². The molecule has 0 saturated heterocycles. The van der Waals surface area contributed by atoms with Crippen molar-refractivity contribution >= 4 is 17.3 Å². The molecule has 2 aromatic rings. The van der Waals surface area contributed by atoms with Crippen molar-refractivity contribution < 1.29 is 0 Å². The monoisotopic (exact) mass is 285 g/mol. The van der Waals surface area contributed by atoms with Gasteiger partial charge in [0.1, 0.15) is 0 Å². The zero-order valence-electron chi connectivity index (χ0n) is 11.3. The summed E-state index contributed by atoms with van der Waals surface area (Å²) in [6, 6.07) is 15.3. The Labute approximate surface area is 124 Å². The highest BCUT2D eigenvalue weighted by Gasteiger charge is 2.06. The van der Waals surface area contributed by atoms with Gasteiger partial charge in [0.2, 0.25) is 0 Å². The first kappa shape index (κ1) is 14.4. The normalized spacial score (nSPS) is 10.5. The zero-order chi connectivity index (χ0) is 14.5. The van der Waals surface area contributed by atoms with Crippen molar-refractivity contribution in [2.45, 2.75) is 13.1 Å². The highest BCUT2D eigenvalue weighted by atomic mass is 35.5. The predicted molar refractivity (Wildman–Crippen MR) is 82.2 cm³/mol. The van der Waals surface area contributed by atoms with Gasteiger partial charge in [-0.25, -0.2) is 0 Å². The van der Waals surface area contributed by atoms with E-state index in [1.807, 2.05) is 37.4 Å². The second-order valence-corrected chi connectivity index (χ2v) is 5.24. The van der Waals surface area contributed by atoms with Crippen LogP contribution in [0.25, 0.3) is 0 Å². The fourth-order valence-corrected chi connectivity index (χ4v) is 2.27. The molecule has 102 valence electrons. The first-order valence-electron chi connectivity index (χ1n) is 6.30. The molecule has 0 aliphatic rings. The van der Waals surface area contributed by atoms with Gasteiger partial charge in [-0.3, -0.25) is 4.90 Å². The number of nitrogen functional groups attached to an aromatic ring is 1. The van der Waals surface area contributed by atoms with Crippen molar-refractivity contribution in [1.29, 1.82) is 5.26 Å². The van der Waals surface area contributed by atoms with Crippen LogP contribution < -0.4 is 5.73 Å². The van der Waals surface area contributed by atoms with E-state index in [2.05, 4.69) is 11.0 Å². The molecule has 0 bridgehead atoms. The van der Waals surface area contributed by atoms with Crippen LogP contribution in [0.1, 0.15) is 16.7 Å². The number of hydrogen-bond acceptors (Lipinski definition) is 3. The second-order valence-electron chi connectivity index (χ2n) is 4.83. The van der Waals surface area contributed by atoms with E-state index in [0.29, 0.717) is 10.6 Å². The number of nitrogens with zero attached hydrogens (tertiary/aromatic N) is 2. The molecule has 0 aliphatic carbocycles. The van der Waals surface area contributed by atoms with Crippen LogP contribution in [0, 0.1) is 11.3 Å². The number of nitrogens with two attached hydrogens (primary N) is 1. The number of hydrogen-bond donors (Lipinski definition) is 1. The fourth-order valence-electron chi connectivity index (χ4n) is 2.03. The van der Waals surface area contributed by atoms with E-state index in [1.165, 1.54) is 5.56 Å². The van der Waals surface area contributed by atoms with Gasteiger partial charge in [-0.15, -0.1) is 0 Å². The van der Waals surface area contributed by atoms with Crippen LogP contribution in [-0.4, -0.2) is 11.9 Å². The lowest BCUT2D eigenvalue weighted by Gasteiger charge is -2.17. The Morgan fingerprint density at radius 1 is 1.15 bits per heavy atom. The third-order valence-corrected chi connectivity index (χ3v) is 3.41. The van der Waals surface area contributed by atoms with Crippen LogP contribution in [0.2, 0.25) is 5.02 Å². The summed E-state index contributed by atoms with van der Waals surface area (Å²) in [7, 11) is 2.03. The molecular weight excluding hydrogens is 270 g/mol. The van der Waals surface area contributed by atoms with Gasteiger partial charge < -0.3 is 5.73 Å². The van der Waals surface area contributed by atoms with E-state index in [9.17, 15) is 0 Å². The summed E-state index contributed by atoms with van der Waals surface area (Å²) in [4.78, 5) is 2.17. The summed E-state index contributed by atoms with van der Waals surface area (Å²) in [5, 5.41) is 9.46. The van der Waals surface area contributed by atoms with Gasteiger partial charge in [-0.1, -0.05) is 29.8 Å². The smallest absolute Gasteiger partial charge is 0.0992 e. The molecule has 0 heterocycles. The molecule has 0 amide bonds. The summed E-state index contributed by atoms with van der Waals surface area (Å²) < 4.78 is 0. The molecule has 4 heteroatoms. The molecule has 0 unspecified atom stereocenters. The molecule has 2 rings (SSSR count). The molecular formula is C16H16ClN3. The minimum absolute atomic E-state index is 0.583. The van der Waals surface area contributed by atoms with Crippen LogP contribution in [0.5, 0.6) is 0 Å². The molecule has 2 N–H and O–H groups in total. The minimum Gasteiger partial charge on any atom is -0.399 e. The average Bonchev–Trinajstić information content (AvgIpc) is 2.43. The predicted octanol–water partition coefficient (Wildman–Crippen LogP) is 3.43. The maximum Gasteiger partial charge on any atom is 0.0992 e. The van der Waals surface area contributed by atoms with Gasteiger partial charge in [0.05, 0.1) is 11.6 Å². The summed E-state index contributed by atoms with van der Waals surface area (Å²) in [6.07, 6.45) is 0. The number of benzene rings is 2. The summed E-state index contributed by atoms with van der Waals surface area (Å²) >= 11 is 6.18. The van der Waals surface area contributed by atoms with Gasteiger partial charge in [0.25, 0.3) is 0 Å². The highest BCUT2D eigenvalue weighted by Crippen LogP contribution is 2.20. The quantitative estimate of drug-likeness (QED) is 0.876. The number of nitriles is 1. The number of halogens is 1. The molecule has 0 atom stereocenters. The molecule has 0 aliphatic heterocycles. The third kappa shape index (κ3) is 3.74. The molecule has 0 radical (unpaired) electrons. The van der Waals surface area contributed by atoms with E-state index < -0.39 is 0 Å². The standard InChI is InChI=1S/C16H16ClN3/c1-20(10-12-3-6-15(19)7-4-12)11-14-5-2-13(9-18)8-16(14)17/h2-8H,10-11,19H2,1H3. The van der Waals surface area contributed by atoms with E-state index in [0.717, 1.165) is 24.3 Å². The van der Waals surface area contributed by atoms with Gasteiger partial charge >= 0.3 is 0 Å². The molecule has 0 spiro atoms. The van der Waals surface area contributed by atoms with E-state index in [4.69, 9.17) is 22.6 Å². The molecule has 0 saturated carbocycles. The first-order chi connectivity index (χ1) is 9.58. The molecule has 3 nitrogen and oxygen atoms in total. The third-order valence-electron chi connectivity index (χ3n) is 3.05. The maximum absolute atomic E-state index is 8.82. The van der Waals surface area contributed by atoms with Crippen LogP contribution in [0.3, 0.4) is 0 Å². The molecule has 2 aromatic carbocycles. The van der Waals surface area contributed by atoms with E-state index >= 15 is 0 Å². The number of anilines is 1. The van der Waals surface area contributed by atoms with Crippen molar-refractivity contribution in [1.82, 2.24) is 4.90 Å². The van der Waals surface area contributed by atoms with Crippen molar-refractivity contribution in [3.8, 4) is 6.07 Å². The van der Waals surface area contributed by atoms with Crippen LogP contribution >= 0.6 is 11.6 Å². The first-order valence-corrected chi connectivity index (χ1v) is 6.68. The maximum atomic E-state index is 8.82. The van der Waals surface area contributed by atoms with Crippen LogP contribution in [0.15, 0.2) is 42.5 Å². The Morgan fingerprint density at radius 3 is 2.45 bits per heavy atom. The van der Waals surface area contributed by atoms with Gasteiger partial charge in [0, 0.05) is 23.8 Å². The topological polar surface area (TPSA) is 53.0 Å². The van der Waals surface area contributed by atoms with Gasteiger partial charge in [-0.05, 0) is 42.4 Å². The average molecular weight is 286 g/mol. The Hall–Kier alpha value is -2.02. The highest BCUT2D eigenvalue weighted by molar-refractivity contribution is 6.31. The molecule has 20 heavy (non-hydrogen) atoms. The Balaban J connectivity index is 2.03. The SMILES string of the molecule is CN(Cc1ccc(N)cc1)Cc1ccc(C#N)cc1Cl.